The van der Waals surface area contributed by atoms with Gasteiger partial charge in [0.1, 0.15) is 5.82 Å². The number of nitrogens with one attached hydrogen (secondary N) is 2. The van der Waals surface area contributed by atoms with Crippen LogP contribution < -0.4 is 10.6 Å². The van der Waals surface area contributed by atoms with E-state index in [0.717, 1.165) is 17.8 Å². The predicted molar refractivity (Wildman–Crippen MR) is 79.4 cm³/mol. The van der Waals surface area contributed by atoms with E-state index in [1.54, 1.807) is 12.3 Å². The van der Waals surface area contributed by atoms with Gasteiger partial charge in [-0.2, -0.15) is 0 Å². The number of amides is 1. The van der Waals surface area contributed by atoms with Gasteiger partial charge in [-0.1, -0.05) is 19.1 Å². The lowest BCUT2D eigenvalue weighted by molar-refractivity contribution is 0.187. The van der Waals surface area contributed by atoms with Crippen LogP contribution >= 0.6 is 0 Å². The van der Waals surface area contributed by atoms with Gasteiger partial charge in [0, 0.05) is 5.69 Å². The number of aryl methyl sites for hydroxylation is 1. The van der Waals surface area contributed by atoms with E-state index in [9.17, 15) is 4.79 Å². The number of ether oxygens (including phenoxy) is 1. The number of pyridine rings is 1. The smallest absolute Gasteiger partial charge is 0.412 e. The summed E-state index contributed by atoms with van der Waals surface area (Å²) in [4.78, 5) is 15.2. The van der Waals surface area contributed by atoms with E-state index in [1.807, 2.05) is 18.2 Å². The van der Waals surface area contributed by atoms with E-state index in [2.05, 4.69) is 39.4 Å². The van der Waals surface area contributed by atoms with Gasteiger partial charge in [-0.3, -0.25) is 5.32 Å². The zero-order valence-electron chi connectivity index (χ0n) is 11.5. The first-order chi connectivity index (χ1) is 9.71. The van der Waals surface area contributed by atoms with Gasteiger partial charge in [0.25, 0.3) is 0 Å². The molecule has 0 unspecified atom stereocenters. The highest BCUT2D eigenvalue weighted by molar-refractivity contribution is 5.83. The van der Waals surface area contributed by atoms with Gasteiger partial charge in [0.2, 0.25) is 0 Å². The van der Waals surface area contributed by atoms with Crippen molar-refractivity contribution in [3.8, 4) is 0 Å². The molecule has 2 N–H and O–H groups in total. The Bertz CT molecular complexity index is 565. The number of hydrogen-bond donors (Lipinski definition) is 2. The van der Waals surface area contributed by atoms with Crippen LogP contribution in [0.2, 0.25) is 0 Å². The van der Waals surface area contributed by atoms with E-state index in [1.165, 1.54) is 12.7 Å². The Morgan fingerprint density at radius 1 is 1.15 bits per heavy atom. The van der Waals surface area contributed by atoms with Crippen molar-refractivity contribution in [2.24, 2.45) is 0 Å². The largest absolute Gasteiger partial charge is 0.453 e. The molecule has 5 nitrogen and oxygen atoms in total. The summed E-state index contributed by atoms with van der Waals surface area (Å²) in [5, 5.41) is 5.74. The number of hydrogen-bond acceptors (Lipinski definition) is 4. The molecule has 2 rings (SSSR count). The number of benzene rings is 1. The quantitative estimate of drug-likeness (QED) is 0.892. The Kier molecular flexibility index (Phi) is 4.55. The third kappa shape index (κ3) is 3.71. The highest BCUT2D eigenvalue weighted by atomic mass is 16.5. The maximum absolute atomic E-state index is 11.0. The average Bonchev–Trinajstić information content (AvgIpc) is 2.50. The van der Waals surface area contributed by atoms with Crippen LogP contribution in [0.1, 0.15) is 12.5 Å². The van der Waals surface area contributed by atoms with E-state index >= 15 is 0 Å². The molecule has 104 valence electrons. The lowest BCUT2D eigenvalue weighted by Crippen LogP contribution is -2.11. The lowest BCUT2D eigenvalue weighted by atomic mass is 10.1. The standard InChI is InChI=1S/C15H17N3O2/c1-3-11-4-6-12(7-5-11)17-13-8-9-14(16-10-13)18-15(19)20-2/h4-10,17H,3H2,1-2H3,(H,16,18,19). The molecule has 0 saturated heterocycles. The van der Waals surface area contributed by atoms with Crippen molar-refractivity contribution in [3.05, 3.63) is 48.2 Å². The van der Waals surface area contributed by atoms with Crippen LogP contribution in [0.5, 0.6) is 0 Å². The minimum absolute atomic E-state index is 0.448. The molecular weight excluding hydrogens is 254 g/mol. The zero-order valence-corrected chi connectivity index (χ0v) is 11.5. The highest BCUT2D eigenvalue weighted by Gasteiger charge is 2.01. The molecule has 0 fully saturated rings. The summed E-state index contributed by atoms with van der Waals surface area (Å²) in [6.07, 6.45) is 2.14. The van der Waals surface area contributed by atoms with Crippen LogP contribution in [0.3, 0.4) is 0 Å². The fourth-order valence-electron chi connectivity index (χ4n) is 1.69. The fraction of sp³-hybridized carbons (Fsp3) is 0.200. The predicted octanol–water partition coefficient (Wildman–Crippen LogP) is 3.57. The first-order valence-electron chi connectivity index (χ1n) is 6.38. The minimum atomic E-state index is -0.534. The number of anilines is 3. The van der Waals surface area contributed by atoms with Crippen molar-refractivity contribution in [2.75, 3.05) is 17.7 Å². The fourth-order valence-corrected chi connectivity index (χ4v) is 1.69. The Morgan fingerprint density at radius 2 is 1.85 bits per heavy atom. The van der Waals surface area contributed by atoms with Gasteiger partial charge < -0.3 is 10.1 Å². The number of aromatic nitrogens is 1. The van der Waals surface area contributed by atoms with E-state index in [4.69, 9.17) is 0 Å². The Balaban J connectivity index is 2.00. The molecule has 0 atom stereocenters. The van der Waals surface area contributed by atoms with Crippen molar-refractivity contribution in [3.63, 3.8) is 0 Å². The summed E-state index contributed by atoms with van der Waals surface area (Å²) in [6, 6.07) is 11.8. The number of nitrogens with zero attached hydrogens (tertiary/aromatic N) is 1. The molecule has 1 amide bonds. The topological polar surface area (TPSA) is 63.2 Å². The van der Waals surface area contributed by atoms with Crippen molar-refractivity contribution in [2.45, 2.75) is 13.3 Å². The highest BCUT2D eigenvalue weighted by Crippen LogP contribution is 2.17. The van der Waals surface area contributed by atoms with E-state index in [0.29, 0.717) is 5.82 Å². The minimum Gasteiger partial charge on any atom is -0.453 e. The summed E-state index contributed by atoms with van der Waals surface area (Å²) in [7, 11) is 1.31. The second-order valence-corrected chi connectivity index (χ2v) is 4.22. The first kappa shape index (κ1) is 13.9. The summed E-state index contributed by atoms with van der Waals surface area (Å²) in [5.74, 6) is 0.448. The normalized spacial score (nSPS) is 9.90. The van der Waals surface area contributed by atoms with Crippen LogP contribution in [0.15, 0.2) is 42.6 Å². The number of carbonyl (C=O) groups is 1. The molecule has 0 spiro atoms. The van der Waals surface area contributed by atoms with Gasteiger partial charge in [-0.15, -0.1) is 0 Å². The Morgan fingerprint density at radius 3 is 2.40 bits per heavy atom. The molecule has 1 heterocycles. The molecule has 20 heavy (non-hydrogen) atoms. The Labute approximate surface area is 118 Å². The molecule has 0 aliphatic heterocycles. The van der Waals surface area contributed by atoms with Gasteiger partial charge in [0.15, 0.2) is 0 Å². The molecule has 1 aromatic carbocycles. The second kappa shape index (κ2) is 6.56. The molecule has 0 bridgehead atoms. The molecule has 0 aliphatic carbocycles. The summed E-state index contributed by atoms with van der Waals surface area (Å²) >= 11 is 0. The molecule has 2 aromatic rings. The maximum Gasteiger partial charge on any atom is 0.412 e. The molecule has 0 aliphatic rings. The van der Waals surface area contributed by atoms with Crippen LogP contribution in [0, 0.1) is 0 Å². The summed E-state index contributed by atoms with van der Waals surface area (Å²) in [5.41, 5.74) is 3.15. The molecule has 0 saturated carbocycles. The SMILES string of the molecule is CCc1ccc(Nc2ccc(NC(=O)OC)nc2)cc1. The molecule has 1 aromatic heterocycles. The average molecular weight is 271 g/mol. The molecule has 0 radical (unpaired) electrons. The number of methoxy groups -OCH3 is 1. The molecular formula is C15H17N3O2. The van der Waals surface area contributed by atoms with Crippen molar-refractivity contribution >= 4 is 23.3 Å². The monoisotopic (exact) mass is 271 g/mol. The van der Waals surface area contributed by atoms with Gasteiger partial charge in [-0.25, -0.2) is 9.78 Å². The van der Waals surface area contributed by atoms with E-state index < -0.39 is 6.09 Å². The van der Waals surface area contributed by atoms with Crippen LogP contribution in [0.4, 0.5) is 22.0 Å². The van der Waals surface area contributed by atoms with Gasteiger partial charge in [0.05, 0.1) is 19.0 Å². The zero-order chi connectivity index (χ0) is 14.4. The van der Waals surface area contributed by atoms with E-state index in [-0.39, 0.29) is 0 Å². The van der Waals surface area contributed by atoms with Gasteiger partial charge >= 0.3 is 6.09 Å². The second-order valence-electron chi connectivity index (χ2n) is 4.22. The lowest BCUT2D eigenvalue weighted by Gasteiger charge is -2.08. The van der Waals surface area contributed by atoms with Gasteiger partial charge in [-0.05, 0) is 36.2 Å². The van der Waals surface area contributed by atoms with Crippen LogP contribution in [-0.2, 0) is 11.2 Å². The van der Waals surface area contributed by atoms with Crippen LogP contribution in [-0.4, -0.2) is 18.2 Å². The molecule has 5 heteroatoms. The van der Waals surface area contributed by atoms with Crippen molar-refractivity contribution < 1.29 is 9.53 Å². The summed E-state index contributed by atoms with van der Waals surface area (Å²) < 4.78 is 4.50. The summed E-state index contributed by atoms with van der Waals surface area (Å²) in [6.45, 7) is 2.12. The maximum atomic E-state index is 11.0. The third-order valence-corrected chi connectivity index (χ3v) is 2.83. The first-order valence-corrected chi connectivity index (χ1v) is 6.38. The van der Waals surface area contributed by atoms with Crippen molar-refractivity contribution in [1.29, 1.82) is 0 Å². The van der Waals surface area contributed by atoms with Crippen LogP contribution in [0.25, 0.3) is 0 Å². The van der Waals surface area contributed by atoms with Crippen molar-refractivity contribution in [1.82, 2.24) is 4.98 Å². The Hall–Kier alpha value is -2.56. The number of rotatable bonds is 4. The third-order valence-electron chi connectivity index (χ3n) is 2.83. The number of carbonyl (C=O) groups excluding carboxylic acids is 1.